The van der Waals surface area contributed by atoms with Gasteiger partial charge in [0, 0.05) is 0 Å². The van der Waals surface area contributed by atoms with Crippen LogP contribution in [0.25, 0.3) is 0 Å². The molecule has 0 amide bonds. The fourth-order valence-electron chi connectivity index (χ4n) is 1.73. The Morgan fingerprint density at radius 3 is 2.69 bits per heavy atom. The topological polar surface area (TPSA) is 46.0 Å². The van der Waals surface area contributed by atoms with E-state index in [1.54, 1.807) is 0 Å². The Balaban J connectivity index is 2.45. The molecule has 1 aromatic rings. The van der Waals surface area contributed by atoms with E-state index in [1.807, 2.05) is 0 Å². The molecule has 0 spiro atoms. The van der Waals surface area contributed by atoms with Gasteiger partial charge in [0.1, 0.15) is 0 Å². The lowest BCUT2D eigenvalue weighted by molar-refractivity contribution is 0.164. The predicted octanol–water partition coefficient (Wildman–Crippen LogP) is 3.35. The van der Waals surface area contributed by atoms with Crippen molar-refractivity contribution in [1.82, 2.24) is 9.59 Å². The van der Waals surface area contributed by atoms with Gasteiger partial charge < -0.3 is 5.11 Å². The Morgan fingerprint density at radius 1 is 1.31 bits per heavy atom. The highest BCUT2D eigenvalue weighted by Crippen LogP contribution is 2.26. The lowest BCUT2D eigenvalue weighted by atomic mass is 10.0. The van der Waals surface area contributed by atoms with Crippen LogP contribution in [0.5, 0.6) is 0 Å². The second-order valence-corrected chi connectivity index (χ2v) is 5.46. The fraction of sp³-hybridized carbons (Fsp3) is 0.833. The van der Waals surface area contributed by atoms with Crippen molar-refractivity contribution in [1.29, 1.82) is 0 Å². The average Bonchev–Trinajstić information content (AvgIpc) is 2.66. The van der Waals surface area contributed by atoms with E-state index in [0.29, 0.717) is 5.92 Å². The summed E-state index contributed by atoms with van der Waals surface area (Å²) < 4.78 is 3.94. The molecule has 92 valence electrons. The Bertz CT molecular complexity index is 299. The SMILES string of the molecule is CCCc1nnsc1C(O)CCCC(C)C. The number of rotatable bonds is 7. The maximum atomic E-state index is 10.1. The number of nitrogens with zero attached hydrogens (tertiary/aromatic N) is 2. The molecule has 4 heteroatoms. The van der Waals surface area contributed by atoms with Crippen LogP contribution < -0.4 is 0 Å². The number of aliphatic hydroxyl groups excluding tert-OH is 1. The number of aryl methyl sites for hydroxylation is 1. The highest BCUT2D eigenvalue weighted by molar-refractivity contribution is 7.05. The van der Waals surface area contributed by atoms with Crippen LogP contribution in [0.4, 0.5) is 0 Å². The molecule has 0 fully saturated rings. The van der Waals surface area contributed by atoms with E-state index in [-0.39, 0.29) is 6.10 Å². The van der Waals surface area contributed by atoms with Crippen LogP contribution in [-0.4, -0.2) is 14.7 Å². The molecule has 0 aliphatic heterocycles. The Kier molecular flexibility index (Phi) is 5.91. The van der Waals surface area contributed by atoms with Gasteiger partial charge in [-0.2, -0.15) is 0 Å². The van der Waals surface area contributed by atoms with Gasteiger partial charge in [-0.1, -0.05) is 44.5 Å². The highest BCUT2D eigenvalue weighted by Gasteiger charge is 2.16. The van der Waals surface area contributed by atoms with E-state index in [4.69, 9.17) is 0 Å². The molecule has 0 bridgehead atoms. The molecule has 16 heavy (non-hydrogen) atoms. The molecule has 1 N–H and O–H groups in total. The van der Waals surface area contributed by atoms with E-state index in [9.17, 15) is 5.11 Å². The van der Waals surface area contributed by atoms with Crippen LogP contribution in [0.2, 0.25) is 0 Å². The largest absolute Gasteiger partial charge is 0.387 e. The summed E-state index contributed by atoms with van der Waals surface area (Å²) >= 11 is 1.35. The van der Waals surface area contributed by atoms with E-state index >= 15 is 0 Å². The zero-order chi connectivity index (χ0) is 12.0. The number of aromatic nitrogens is 2. The lowest BCUT2D eigenvalue weighted by Gasteiger charge is -2.10. The van der Waals surface area contributed by atoms with Crippen molar-refractivity contribution < 1.29 is 5.11 Å². The minimum absolute atomic E-state index is 0.361. The quantitative estimate of drug-likeness (QED) is 0.797. The van der Waals surface area contributed by atoms with Gasteiger partial charge in [-0.15, -0.1) is 5.10 Å². The summed E-state index contributed by atoms with van der Waals surface area (Å²) in [6, 6.07) is 0. The summed E-state index contributed by atoms with van der Waals surface area (Å²) in [4.78, 5) is 0.977. The van der Waals surface area contributed by atoms with E-state index in [1.165, 1.54) is 18.0 Å². The van der Waals surface area contributed by atoms with E-state index in [2.05, 4.69) is 30.4 Å². The minimum Gasteiger partial charge on any atom is -0.387 e. The van der Waals surface area contributed by atoms with Gasteiger partial charge in [-0.3, -0.25) is 0 Å². The molecule has 1 rings (SSSR count). The van der Waals surface area contributed by atoms with Crippen molar-refractivity contribution in [2.45, 2.75) is 59.0 Å². The molecule has 1 atom stereocenters. The summed E-state index contributed by atoms with van der Waals surface area (Å²) in [6.07, 6.45) is 4.69. The van der Waals surface area contributed by atoms with Crippen molar-refractivity contribution in [2.75, 3.05) is 0 Å². The van der Waals surface area contributed by atoms with Gasteiger partial charge in [-0.25, -0.2) is 0 Å². The summed E-state index contributed by atoms with van der Waals surface area (Å²) in [5, 5.41) is 14.1. The van der Waals surface area contributed by atoms with Crippen molar-refractivity contribution in [3.63, 3.8) is 0 Å². The molecule has 0 aromatic carbocycles. The van der Waals surface area contributed by atoms with E-state index in [0.717, 1.165) is 36.3 Å². The maximum Gasteiger partial charge on any atom is 0.0917 e. The first kappa shape index (κ1) is 13.6. The molecular formula is C12H22N2OS. The Hall–Kier alpha value is -0.480. The van der Waals surface area contributed by atoms with Gasteiger partial charge in [-0.05, 0) is 30.3 Å². The van der Waals surface area contributed by atoms with Gasteiger partial charge in [0.2, 0.25) is 0 Å². The first-order valence-corrected chi connectivity index (χ1v) is 6.91. The molecule has 0 saturated heterocycles. The molecule has 1 unspecified atom stereocenters. The second-order valence-electron chi connectivity index (χ2n) is 4.67. The van der Waals surface area contributed by atoms with Crippen molar-refractivity contribution in [3.05, 3.63) is 10.6 Å². The zero-order valence-corrected chi connectivity index (χ0v) is 11.3. The van der Waals surface area contributed by atoms with Crippen LogP contribution >= 0.6 is 11.5 Å². The van der Waals surface area contributed by atoms with Crippen LogP contribution in [0.1, 0.15) is 63.1 Å². The van der Waals surface area contributed by atoms with Gasteiger partial charge in [0.25, 0.3) is 0 Å². The van der Waals surface area contributed by atoms with Crippen molar-refractivity contribution in [2.24, 2.45) is 5.92 Å². The third-order valence-electron chi connectivity index (χ3n) is 2.63. The number of hydrogen-bond donors (Lipinski definition) is 1. The summed E-state index contributed by atoms with van der Waals surface area (Å²) in [5.74, 6) is 0.710. The lowest BCUT2D eigenvalue weighted by Crippen LogP contribution is -2.00. The standard InChI is InChI=1S/C12H22N2OS/c1-4-6-10-12(16-14-13-10)11(15)8-5-7-9(2)3/h9,11,15H,4-8H2,1-3H3. The first-order chi connectivity index (χ1) is 7.65. The minimum atomic E-state index is -0.361. The molecular weight excluding hydrogens is 220 g/mol. The summed E-state index contributed by atoms with van der Waals surface area (Å²) in [5.41, 5.74) is 0.990. The second kappa shape index (κ2) is 6.97. The fourth-order valence-corrected chi connectivity index (χ4v) is 2.44. The third-order valence-corrected chi connectivity index (χ3v) is 3.50. The smallest absolute Gasteiger partial charge is 0.0917 e. The van der Waals surface area contributed by atoms with Gasteiger partial charge in [0.15, 0.2) is 0 Å². The Labute approximate surface area is 102 Å². The number of aliphatic hydroxyl groups is 1. The van der Waals surface area contributed by atoms with Crippen molar-refractivity contribution >= 4 is 11.5 Å². The maximum absolute atomic E-state index is 10.1. The van der Waals surface area contributed by atoms with Crippen LogP contribution in [0.15, 0.2) is 0 Å². The predicted molar refractivity (Wildman–Crippen MR) is 67.6 cm³/mol. The molecule has 0 aliphatic rings. The molecule has 0 saturated carbocycles. The monoisotopic (exact) mass is 242 g/mol. The molecule has 1 aromatic heterocycles. The molecule has 3 nitrogen and oxygen atoms in total. The van der Waals surface area contributed by atoms with Crippen LogP contribution in [-0.2, 0) is 6.42 Å². The van der Waals surface area contributed by atoms with Crippen molar-refractivity contribution in [3.8, 4) is 0 Å². The molecule has 1 heterocycles. The Morgan fingerprint density at radius 2 is 2.06 bits per heavy atom. The summed E-state index contributed by atoms with van der Waals surface area (Å²) in [7, 11) is 0. The third kappa shape index (κ3) is 4.18. The summed E-state index contributed by atoms with van der Waals surface area (Å²) in [6.45, 7) is 6.54. The first-order valence-electron chi connectivity index (χ1n) is 6.14. The zero-order valence-electron chi connectivity index (χ0n) is 10.4. The molecule has 0 radical (unpaired) electrons. The van der Waals surface area contributed by atoms with Crippen LogP contribution in [0.3, 0.4) is 0 Å². The average molecular weight is 242 g/mol. The molecule has 0 aliphatic carbocycles. The van der Waals surface area contributed by atoms with Crippen LogP contribution in [0, 0.1) is 5.92 Å². The number of hydrogen-bond acceptors (Lipinski definition) is 4. The van der Waals surface area contributed by atoms with Gasteiger partial charge >= 0.3 is 0 Å². The normalized spacial score (nSPS) is 13.3. The highest BCUT2D eigenvalue weighted by atomic mass is 32.1. The van der Waals surface area contributed by atoms with E-state index < -0.39 is 0 Å². The van der Waals surface area contributed by atoms with Gasteiger partial charge in [0.05, 0.1) is 16.7 Å².